The van der Waals surface area contributed by atoms with Gasteiger partial charge < -0.3 is 9.15 Å². The van der Waals surface area contributed by atoms with E-state index in [2.05, 4.69) is 30.9 Å². The predicted octanol–water partition coefficient (Wildman–Crippen LogP) is 3.58. The molecular formula is C25H28N4O4S. The monoisotopic (exact) mass is 480 g/mol. The minimum atomic E-state index is -0.529. The number of ether oxygens (including phenoxy) is 1. The molecule has 2 aromatic heterocycles. The van der Waals surface area contributed by atoms with E-state index in [-0.39, 0.29) is 12.5 Å². The molecule has 8 nitrogen and oxygen atoms in total. The zero-order valence-electron chi connectivity index (χ0n) is 19.5. The maximum absolute atomic E-state index is 13.6. The third kappa shape index (κ3) is 4.64. The number of thiazole rings is 1. The molecule has 1 fully saturated rings. The van der Waals surface area contributed by atoms with Crippen molar-refractivity contribution in [2.45, 2.75) is 26.8 Å². The minimum Gasteiger partial charge on any atom is -0.408 e. The molecule has 0 unspecified atom stereocenters. The van der Waals surface area contributed by atoms with Crippen LogP contribution in [0.15, 0.2) is 45.6 Å². The van der Waals surface area contributed by atoms with Gasteiger partial charge in [-0.2, -0.15) is 0 Å². The van der Waals surface area contributed by atoms with Gasteiger partial charge in [-0.25, -0.2) is 9.78 Å². The highest BCUT2D eigenvalue weighted by Gasteiger charge is 2.23. The average Bonchev–Trinajstić information content (AvgIpc) is 3.37. The van der Waals surface area contributed by atoms with Crippen molar-refractivity contribution in [3.8, 4) is 0 Å². The molecule has 1 aliphatic heterocycles. The van der Waals surface area contributed by atoms with Gasteiger partial charge in [0.25, 0.3) is 0 Å². The summed E-state index contributed by atoms with van der Waals surface area (Å²) in [6.07, 6.45) is 0.806. The number of nitrogens with zero attached hydrogens (tertiary/aromatic N) is 4. The van der Waals surface area contributed by atoms with Crippen LogP contribution in [0.1, 0.15) is 17.5 Å². The van der Waals surface area contributed by atoms with Gasteiger partial charge in [0.1, 0.15) is 6.54 Å². The first-order valence-corrected chi connectivity index (χ1v) is 12.4. The number of amides is 1. The quantitative estimate of drug-likeness (QED) is 0.402. The van der Waals surface area contributed by atoms with E-state index < -0.39 is 5.76 Å². The molecule has 0 spiro atoms. The SMILES string of the molecule is Cc1cc2nc(N(CCCN3CCOCC3)C(=O)Cn3c(=O)oc4ccccc43)sc2cc1C. The van der Waals surface area contributed by atoms with Crippen LogP contribution in [0.5, 0.6) is 0 Å². The van der Waals surface area contributed by atoms with Crippen LogP contribution in [0.2, 0.25) is 0 Å². The molecule has 3 heterocycles. The van der Waals surface area contributed by atoms with Crippen LogP contribution < -0.4 is 10.7 Å². The fourth-order valence-electron chi connectivity index (χ4n) is 4.27. The third-order valence-electron chi connectivity index (χ3n) is 6.35. The summed E-state index contributed by atoms with van der Waals surface area (Å²) >= 11 is 1.51. The van der Waals surface area contributed by atoms with Crippen LogP contribution in [0, 0.1) is 13.8 Å². The number of hydrogen-bond acceptors (Lipinski definition) is 7. The molecule has 1 amide bonds. The van der Waals surface area contributed by atoms with E-state index in [9.17, 15) is 9.59 Å². The van der Waals surface area contributed by atoms with E-state index >= 15 is 0 Å². The second-order valence-corrected chi connectivity index (χ2v) is 9.68. The Morgan fingerprint density at radius 1 is 1.15 bits per heavy atom. The molecule has 34 heavy (non-hydrogen) atoms. The lowest BCUT2D eigenvalue weighted by molar-refractivity contribution is -0.119. The maximum Gasteiger partial charge on any atom is 0.420 e. The van der Waals surface area contributed by atoms with Gasteiger partial charge in [-0.15, -0.1) is 0 Å². The number of fused-ring (bicyclic) bond motifs is 2. The molecule has 0 radical (unpaired) electrons. The summed E-state index contributed by atoms with van der Waals surface area (Å²) < 4.78 is 13.2. The fraction of sp³-hybridized carbons (Fsp3) is 0.400. The number of aromatic nitrogens is 2. The lowest BCUT2D eigenvalue weighted by atomic mass is 10.1. The molecule has 4 aromatic rings. The molecule has 0 aliphatic carbocycles. The Hall–Kier alpha value is -3.01. The molecule has 0 saturated carbocycles. The molecule has 0 bridgehead atoms. The van der Waals surface area contributed by atoms with Crippen LogP contribution in [-0.4, -0.2) is 59.8 Å². The highest BCUT2D eigenvalue weighted by atomic mass is 32.1. The van der Waals surface area contributed by atoms with E-state index in [4.69, 9.17) is 14.1 Å². The van der Waals surface area contributed by atoms with Crippen LogP contribution in [0.25, 0.3) is 21.3 Å². The first kappa shape index (κ1) is 22.8. The zero-order chi connectivity index (χ0) is 23.7. The Morgan fingerprint density at radius 2 is 1.91 bits per heavy atom. The number of hydrogen-bond donors (Lipinski definition) is 0. The summed E-state index contributed by atoms with van der Waals surface area (Å²) in [4.78, 5) is 34.9. The number of carbonyl (C=O) groups excluding carboxylic acids is 1. The topological polar surface area (TPSA) is 80.8 Å². The van der Waals surface area contributed by atoms with Crippen molar-refractivity contribution in [3.63, 3.8) is 0 Å². The highest BCUT2D eigenvalue weighted by molar-refractivity contribution is 7.22. The number of oxazole rings is 1. The number of carbonyl (C=O) groups is 1. The Balaban J connectivity index is 1.42. The normalized spacial score (nSPS) is 14.8. The molecular weight excluding hydrogens is 452 g/mol. The van der Waals surface area contributed by atoms with Crippen molar-refractivity contribution >= 4 is 43.7 Å². The van der Waals surface area contributed by atoms with Crippen LogP contribution in [0.3, 0.4) is 0 Å². The summed E-state index contributed by atoms with van der Waals surface area (Å²) in [5.41, 5.74) is 4.35. The van der Waals surface area contributed by atoms with Gasteiger partial charge in [0.2, 0.25) is 5.91 Å². The Labute approximate surface area is 201 Å². The largest absolute Gasteiger partial charge is 0.420 e. The first-order valence-electron chi connectivity index (χ1n) is 11.6. The fourth-order valence-corrected chi connectivity index (χ4v) is 5.36. The van der Waals surface area contributed by atoms with E-state index in [1.54, 1.807) is 23.1 Å². The molecule has 9 heteroatoms. The first-order chi connectivity index (χ1) is 16.5. The van der Waals surface area contributed by atoms with Gasteiger partial charge in [-0.05, 0) is 55.7 Å². The van der Waals surface area contributed by atoms with Gasteiger partial charge >= 0.3 is 5.76 Å². The van der Waals surface area contributed by atoms with Crippen molar-refractivity contribution in [1.29, 1.82) is 0 Å². The van der Waals surface area contributed by atoms with Crippen molar-refractivity contribution < 1.29 is 13.9 Å². The second-order valence-electron chi connectivity index (χ2n) is 8.68. The van der Waals surface area contributed by atoms with Gasteiger partial charge in [-0.1, -0.05) is 23.5 Å². The number of benzene rings is 2. The van der Waals surface area contributed by atoms with Gasteiger partial charge in [-0.3, -0.25) is 19.2 Å². The number of morpholine rings is 1. The Morgan fingerprint density at radius 3 is 2.74 bits per heavy atom. The average molecular weight is 481 g/mol. The van der Waals surface area contributed by atoms with Crippen molar-refractivity contribution in [1.82, 2.24) is 14.5 Å². The summed E-state index contributed by atoms with van der Waals surface area (Å²) in [5, 5.41) is 0.660. The van der Waals surface area contributed by atoms with Gasteiger partial charge in [0.05, 0.1) is 28.9 Å². The number of para-hydroxylation sites is 2. The second kappa shape index (κ2) is 9.69. The van der Waals surface area contributed by atoms with Crippen molar-refractivity contribution in [2.24, 2.45) is 0 Å². The number of rotatable bonds is 7. The summed E-state index contributed by atoms with van der Waals surface area (Å²) in [6, 6.07) is 11.3. The summed E-state index contributed by atoms with van der Waals surface area (Å²) in [7, 11) is 0. The number of aryl methyl sites for hydroxylation is 2. The predicted molar refractivity (Wildman–Crippen MR) is 134 cm³/mol. The van der Waals surface area contributed by atoms with E-state index in [0.29, 0.717) is 22.8 Å². The molecule has 178 valence electrons. The lowest BCUT2D eigenvalue weighted by Crippen LogP contribution is -2.40. The smallest absolute Gasteiger partial charge is 0.408 e. The van der Waals surface area contributed by atoms with Gasteiger partial charge in [0, 0.05) is 26.2 Å². The molecule has 1 saturated heterocycles. The Bertz CT molecular complexity index is 1340. The molecule has 0 atom stereocenters. The van der Waals surface area contributed by atoms with Crippen molar-refractivity contribution in [2.75, 3.05) is 44.3 Å². The highest BCUT2D eigenvalue weighted by Crippen LogP contribution is 2.31. The van der Waals surface area contributed by atoms with Crippen LogP contribution >= 0.6 is 11.3 Å². The van der Waals surface area contributed by atoms with Gasteiger partial charge in [0.15, 0.2) is 10.7 Å². The molecule has 0 N–H and O–H groups in total. The molecule has 5 rings (SSSR count). The third-order valence-corrected chi connectivity index (χ3v) is 7.39. The standard InChI is InChI=1S/C25H28N4O4S/c1-17-14-19-22(15-18(17)2)34-24(26-19)28(9-5-8-27-10-12-32-13-11-27)23(30)16-29-20-6-3-4-7-21(20)33-25(29)31/h3-4,6-7,14-15H,5,8-13,16H2,1-2H3. The number of anilines is 1. The summed E-state index contributed by atoms with van der Waals surface area (Å²) in [6.45, 7) is 8.76. The molecule has 1 aliphatic rings. The van der Waals surface area contributed by atoms with E-state index in [0.717, 1.165) is 49.5 Å². The van der Waals surface area contributed by atoms with Crippen LogP contribution in [-0.2, 0) is 16.1 Å². The zero-order valence-corrected chi connectivity index (χ0v) is 20.3. The Kier molecular flexibility index (Phi) is 6.49. The molecule has 2 aromatic carbocycles. The maximum atomic E-state index is 13.6. The van der Waals surface area contributed by atoms with Crippen LogP contribution in [0.4, 0.5) is 5.13 Å². The summed E-state index contributed by atoms with van der Waals surface area (Å²) in [5.74, 6) is -0.707. The lowest BCUT2D eigenvalue weighted by Gasteiger charge is -2.27. The van der Waals surface area contributed by atoms with E-state index in [1.165, 1.54) is 27.0 Å². The minimum absolute atomic E-state index is 0.0959. The van der Waals surface area contributed by atoms with E-state index in [1.807, 2.05) is 6.07 Å². The van der Waals surface area contributed by atoms with Crippen molar-refractivity contribution in [3.05, 3.63) is 58.1 Å².